The fraction of sp³-hybridized carbons (Fsp3) is 0.115. The van der Waals surface area contributed by atoms with E-state index in [0.717, 1.165) is 33.7 Å². The first-order valence-corrected chi connectivity index (χ1v) is 19.5. The van der Waals surface area contributed by atoms with Crippen LogP contribution in [0.15, 0.2) is 194 Å². The van der Waals surface area contributed by atoms with E-state index in [2.05, 4.69) is 227 Å². The summed E-state index contributed by atoms with van der Waals surface area (Å²) in [6, 6.07) is 69.6. The Balaban J connectivity index is 1.30. The van der Waals surface area contributed by atoms with Gasteiger partial charge in [-0.25, -0.2) is 0 Å². The first-order valence-electron chi connectivity index (χ1n) is 19.5. The van der Waals surface area contributed by atoms with Crippen LogP contribution < -0.4 is 10.4 Å². The number of hydrogen-bond acceptors (Lipinski definition) is 3. The van der Waals surface area contributed by atoms with Gasteiger partial charge in [-0.3, -0.25) is 0 Å². The molecule has 9 rings (SSSR count). The Bertz CT molecular complexity index is 2550. The quantitative estimate of drug-likeness (QED) is 0.146. The maximum absolute atomic E-state index is 6.48. The zero-order chi connectivity index (χ0) is 38.3. The van der Waals surface area contributed by atoms with Crippen molar-refractivity contribution in [1.82, 2.24) is 0 Å². The van der Waals surface area contributed by atoms with Crippen molar-refractivity contribution in [3.63, 3.8) is 0 Å². The topological polar surface area (TPSA) is 21.7 Å². The van der Waals surface area contributed by atoms with Crippen molar-refractivity contribution in [2.24, 2.45) is 0 Å². The highest BCUT2D eigenvalue weighted by atomic mass is 16.7. The number of para-hydroxylation sites is 2. The molecule has 0 N–H and O–H groups in total. The van der Waals surface area contributed by atoms with E-state index >= 15 is 0 Å². The summed E-state index contributed by atoms with van der Waals surface area (Å²) in [4.78, 5) is 2.31. The van der Waals surface area contributed by atoms with Crippen LogP contribution in [0.25, 0.3) is 55.3 Å². The highest BCUT2D eigenvalue weighted by Gasteiger charge is 2.51. The molecule has 0 spiro atoms. The van der Waals surface area contributed by atoms with Crippen molar-refractivity contribution in [2.45, 2.75) is 38.9 Å². The molecule has 1 aliphatic heterocycles. The fourth-order valence-electron chi connectivity index (χ4n) is 7.99. The molecular weight excluding hydrogens is 681 g/mol. The van der Waals surface area contributed by atoms with E-state index in [4.69, 9.17) is 9.31 Å². The number of hydrogen-bond donors (Lipinski definition) is 0. The number of nitrogens with zero attached hydrogens (tertiary/aromatic N) is 1. The lowest BCUT2D eigenvalue weighted by Gasteiger charge is -2.32. The minimum absolute atomic E-state index is 0.421. The minimum atomic E-state index is -0.441. The SMILES string of the molecule is CC1(C)OB(c2ccc(-c3c(-c4ccc(N(c5ccccc5)c5ccccc5)cc4)c(-c4ccccc4)c4ccccc4c3-c3ccccc3)cc2)OC1(C)C. The number of fused-ring (bicyclic) bond motifs is 1. The molecule has 0 atom stereocenters. The van der Waals surface area contributed by atoms with Crippen molar-refractivity contribution in [1.29, 1.82) is 0 Å². The summed E-state index contributed by atoms with van der Waals surface area (Å²) in [6.45, 7) is 8.41. The van der Waals surface area contributed by atoms with Crippen LogP contribution in [0.3, 0.4) is 0 Å². The van der Waals surface area contributed by atoms with E-state index in [9.17, 15) is 0 Å². The maximum atomic E-state index is 6.48. The summed E-state index contributed by atoms with van der Waals surface area (Å²) in [7, 11) is -0.441. The Labute approximate surface area is 331 Å². The van der Waals surface area contributed by atoms with Crippen LogP contribution in [-0.4, -0.2) is 18.3 Å². The van der Waals surface area contributed by atoms with Crippen LogP contribution in [-0.2, 0) is 9.31 Å². The van der Waals surface area contributed by atoms with Crippen molar-refractivity contribution in [2.75, 3.05) is 4.90 Å². The Hall–Kier alpha value is -6.20. The lowest BCUT2D eigenvalue weighted by Crippen LogP contribution is -2.41. The van der Waals surface area contributed by atoms with E-state index in [-0.39, 0.29) is 0 Å². The molecule has 1 saturated heterocycles. The molecule has 8 aromatic carbocycles. The number of anilines is 3. The molecule has 0 aromatic heterocycles. The van der Waals surface area contributed by atoms with Crippen LogP contribution in [0.1, 0.15) is 27.7 Å². The molecule has 0 aliphatic carbocycles. The van der Waals surface area contributed by atoms with Crippen molar-refractivity contribution in [3.05, 3.63) is 194 Å². The van der Waals surface area contributed by atoms with Gasteiger partial charge in [0.2, 0.25) is 0 Å². The van der Waals surface area contributed by atoms with Gasteiger partial charge in [0, 0.05) is 17.1 Å². The summed E-state index contributed by atoms with van der Waals surface area (Å²) in [5.74, 6) is 0. The third-order valence-corrected chi connectivity index (χ3v) is 11.5. The van der Waals surface area contributed by atoms with E-state index in [1.165, 1.54) is 44.2 Å². The predicted molar refractivity (Wildman–Crippen MR) is 236 cm³/mol. The lowest BCUT2D eigenvalue weighted by atomic mass is 9.76. The van der Waals surface area contributed by atoms with Crippen LogP contribution in [0.2, 0.25) is 0 Å². The second-order valence-corrected chi connectivity index (χ2v) is 15.5. The molecule has 0 bridgehead atoms. The number of benzene rings is 8. The van der Waals surface area contributed by atoms with Gasteiger partial charge in [-0.2, -0.15) is 0 Å². The van der Waals surface area contributed by atoms with Gasteiger partial charge in [0.15, 0.2) is 0 Å². The summed E-state index contributed by atoms with van der Waals surface area (Å²) in [5.41, 5.74) is 12.9. The summed E-state index contributed by atoms with van der Waals surface area (Å²) in [6.07, 6.45) is 0. The molecule has 0 unspecified atom stereocenters. The monoisotopic (exact) mass is 725 g/mol. The average Bonchev–Trinajstić information content (AvgIpc) is 3.47. The molecule has 0 saturated carbocycles. The number of rotatable bonds is 8. The molecule has 0 amide bonds. The molecule has 272 valence electrons. The van der Waals surface area contributed by atoms with Crippen molar-refractivity contribution in [3.8, 4) is 44.5 Å². The van der Waals surface area contributed by atoms with Crippen LogP contribution in [0.4, 0.5) is 17.1 Å². The molecule has 1 aliphatic rings. The first-order chi connectivity index (χ1) is 27.3. The highest BCUT2D eigenvalue weighted by molar-refractivity contribution is 6.62. The normalized spacial score (nSPS) is 14.5. The van der Waals surface area contributed by atoms with Crippen LogP contribution >= 0.6 is 0 Å². The second kappa shape index (κ2) is 14.5. The van der Waals surface area contributed by atoms with Gasteiger partial charge in [-0.15, -0.1) is 0 Å². The lowest BCUT2D eigenvalue weighted by molar-refractivity contribution is 0.00578. The van der Waals surface area contributed by atoms with Gasteiger partial charge in [0.05, 0.1) is 11.2 Å². The molecular formula is C52H44BNO2. The van der Waals surface area contributed by atoms with Crippen molar-refractivity contribution < 1.29 is 9.31 Å². The Kier molecular flexibility index (Phi) is 9.17. The van der Waals surface area contributed by atoms with Gasteiger partial charge < -0.3 is 14.2 Å². The van der Waals surface area contributed by atoms with Gasteiger partial charge >= 0.3 is 7.12 Å². The largest absolute Gasteiger partial charge is 0.494 e. The zero-order valence-corrected chi connectivity index (χ0v) is 32.3. The van der Waals surface area contributed by atoms with Gasteiger partial charge in [-0.05, 0) is 125 Å². The Morgan fingerprint density at radius 1 is 0.339 bits per heavy atom. The molecule has 1 fully saturated rings. The Morgan fingerprint density at radius 2 is 0.661 bits per heavy atom. The Morgan fingerprint density at radius 3 is 1.07 bits per heavy atom. The second-order valence-electron chi connectivity index (χ2n) is 15.5. The fourth-order valence-corrected chi connectivity index (χ4v) is 7.99. The van der Waals surface area contributed by atoms with Gasteiger partial charge in [0.1, 0.15) is 0 Å². The molecule has 56 heavy (non-hydrogen) atoms. The maximum Gasteiger partial charge on any atom is 0.494 e. The van der Waals surface area contributed by atoms with Crippen LogP contribution in [0, 0.1) is 0 Å². The molecule has 1 heterocycles. The van der Waals surface area contributed by atoms with E-state index in [1.807, 2.05) is 0 Å². The zero-order valence-electron chi connectivity index (χ0n) is 32.3. The molecule has 0 radical (unpaired) electrons. The van der Waals surface area contributed by atoms with Crippen LogP contribution in [0.5, 0.6) is 0 Å². The first kappa shape index (κ1) is 35.5. The van der Waals surface area contributed by atoms with E-state index in [1.54, 1.807) is 0 Å². The van der Waals surface area contributed by atoms with Crippen molar-refractivity contribution >= 4 is 40.4 Å². The molecule has 4 heteroatoms. The average molecular weight is 726 g/mol. The van der Waals surface area contributed by atoms with Gasteiger partial charge in [0.25, 0.3) is 0 Å². The van der Waals surface area contributed by atoms with E-state index in [0.29, 0.717) is 0 Å². The summed E-state index contributed by atoms with van der Waals surface area (Å²) in [5, 5.41) is 2.42. The third kappa shape index (κ3) is 6.41. The summed E-state index contributed by atoms with van der Waals surface area (Å²) >= 11 is 0. The summed E-state index contributed by atoms with van der Waals surface area (Å²) < 4.78 is 13.0. The van der Waals surface area contributed by atoms with E-state index < -0.39 is 18.3 Å². The molecule has 8 aromatic rings. The smallest absolute Gasteiger partial charge is 0.399 e. The predicted octanol–water partition coefficient (Wildman–Crippen LogP) is 13.3. The standard InChI is InChI=1S/C52H44BNO2/c1-51(2)52(3,4)56-53(55-51)41-33-29-39(30-34-41)49-47(37-19-9-5-10-20-37)45-27-17-18-28-46(45)48(38-21-11-6-12-22-38)50(49)40-31-35-44(36-32-40)54(42-23-13-7-14-24-42)43-25-15-8-16-26-43/h5-36H,1-4H3. The molecule has 3 nitrogen and oxygen atoms in total. The minimum Gasteiger partial charge on any atom is -0.399 e. The third-order valence-electron chi connectivity index (χ3n) is 11.5. The van der Waals surface area contributed by atoms with Gasteiger partial charge in [-0.1, -0.05) is 158 Å². The highest BCUT2D eigenvalue weighted by Crippen LogP contribution is 2.51.